The molecule has 84 valence electrons. The minimum atomic E-state index is -0.488. The number of nitro groups is 1. The maximum absolute atomic E-state index is 11.9. The molecule has 0 saturated heterocycles. The Morgan fingerprint density at radius 1 is 1.40 bits per heavy atom. The zero-order valence-corrected chi connectivity index (χ0v) is 8.74. The molecule has 0 amide bonds. The monoisotopic (exact) mass is 234 g/mol. The summed E-state index contributed by atoms with van der Waals surface area (Å²) < 4.78 is 11.9. The predicted molar refractivity (Wildman–Crippen MR) is 57.9 cm³/mol. The second kappa shape index (κ2) is 6.31. The largest absolute Gasteiger partial charge is 0.324 e. The summed E-state index contributed by atoms with van der Waals surface area (Å²) in [4.78, 5) is 9.84. The van der Waals surface area contributed by atoms with Gasteiger partial charge in [0.05, 0.1) is 11.6 Å². The van der Waals surface area contributed by atoms with Gasteiger partial charge in [0.25, 0.3) is 5.69 Å². The van der Waals surface area contributed by atoms with Gasteiger partial charge in [-0.2, -0.15) is 0 Å². The van der Waals surface area contributed by atoms with E-state index in [0.717, 1.165) is 0 Å². The smallest absolute Gasteiger partial charge is 0.269 e. The number of non-ortho nitro benzene ring substituents is 1. The van der Waals surface area contributed by atoms with Crippen molar-refractivity contribution in [2.75, 3.05) is 6.67 Å². The molecule has 0 aliphatic carbocycles. The molecule has 0 fully saturated rings. The van der Waals surface area contributed by atoms with E-state index in [9.17, 15) is 14.5 Å². The van der Waals surface area contributed by atoms with E-state index in [4.69, 9.17) is 5.73 Å². The van der Waals surface area contributed by atoms with Crippen LogP contribution in [0.5, 0.6) is 0 Å². The van der Waals surface area contributed by atoms with Crippen LogP contribution in [0.25, 0.3) is 0 Å². The van der Waals surface area contributed by atoms with Gasteiger partial charge in [-0.25, -0.2) is 0 Å². The van der Waals surface area contributed by atoms with E-state index >= 15 is 0 Å². The summed E-state index contributed by atoms with van der Waals surface area (Å²) in [6.07, 6.45) is 0.234. The number of halogens is 2. The molecule has 0 unspecified atom stereocenters. The molecule has 0 aliphatic rings. The van der Waals surface area contributed by atoms with Crippen molar-refractivity contribution in [2.24, 2.45) is 5.73 Å². The summed E-state index contributed by atoms with van der Waals surface area (Å²) in [6, 6.07) is 5.46. The van der Waals surface area contributed by atoms with E-state index in [-0.39, 0.29) is 30.6 Å². The molecule has 1 rings (SSSR count). The summed E-state index contributed by atoms with van der Waals surface area (Å²) in [7, 11) is 0. The summed E-state index contributed by atoms with van der Waals surface area (Å²) >= 11 is 0. The zero-order valence-electron chi connectivity index (χ0n) is 7.93. The molecule has 1 atom stereocenters. The van der Waals surface area contributed by atoms with Crippen molar-refractivity contribution in [3.8, 4) is 0 Å². The van der Waals surface area contributed by atoms with Crippen LogP contribution in [0.4, 0.5) is 10.1 Å². The number of hydrogen-bond acceptors (Lipinski definition) is 3. The standard InChI is InChI=1S/C9H11FN2O2.ClH/c10-6-5-9(11)7-1-3-8(4-2-7)12(13)14;/h1-4,9H,5-6,11H2;1H/t9-;/m0./s1. The molecule has 1 aromatic rings. The first-order chi connectivity index (χ1) is 6.65. The van der Waals surface area contributed by atoms with Gasteiger partial charge in [0, 0.05) is 18.2 Å². The molecule has 0 spiro atoms. The Balaban J connectivity index is 0.00000196. The Bertz CT molecular complexity index is 318. The van der Waals surface area contributed by atoms with Crippen LogP contribution in [0.2, 0.25) is 0 Å². The fourth-order valence-corrected chi connectivity index (χ4v) is 1.13. The maximum atomic E-state index is 11.9. The molecule has 4 nitrogen and oxygen atoms in total. The van der Waals surface area contributed by atoms with Crippen molar-refractivity contribution in [1.29, 1.82) is 0 Å². The van der Waals surface area contributed by atoms with Crippen molar-refractivity contribution in [1.82, 2.24) is 0 Å². The number of nitrogens with zero attached hydrogens (tertiary/aromatic N) is 1. The first kappa shape index (κ1) is 13.8. The fourth-order valence-electron chi connectivity index (χ4n) is 1.13. The first-order valence-corrected chi connectivity index (χ1v) is 4.21. The second-order valence-electron chi connectivity index (χ2n) is 2.93. The van der Waals surface area contributed by atoms with Gasteiger partial charge in [-0.3, -0.25) is 14.5 Å². The molecular weight excluding hydrogens is 223 g/mol. The SMILES string of the molecule is Cl.N[C@@H](CCF)c1ccc([N+](=O)[O-])cc1. The van der Waals surface area contributed by atoms with Crippen molar-refractivity contribution in [3.63, 3.8) is 0 Å². The minimum Gasteiger partial charge on any atom is -0.324 e. The number of hydrogen-bond donors (Lipinski definition) is 1. The van der Waals surface area contributed by atoms with Crippen molar-refractivity contribution in [2.45, 2.75) is 12.5 Å². The second-order valence-corrected chi connectivity index (χ2v) is 2.93. The number of nitrogens with two attached hydrogens (primary N) is 1. The topological polar surface area (TPSA) is 69.2 Å². The normalized spacial score (nSPS) is 11.6. The molecule has 15 heavy (non-hydrogen) atoms. The molecule has 1 aromatic carbocycles. The lowest BCUT2D eigenvalue weighted by molar-refractivity contribution is -0.384. The first-order valence-electron chi connectivity index (χ1n) is 4.21. The number of alkyl halides is 1. The predicted octanol–water partition coefficient (Wildman–Crippen LogP) is 2.38. The Hall–Kier alpha value is -1.20. The van der Waals surface area contributed by atoms with E-state index in [1.165, 1.54) is 12.1 Å². The summed E-state index contributed by atoms with van der Waals surface area (Å²) in [5, 5.41) is 10.3. The molecule has 0 heterocycles. The Labute approximate surface area is 92.8 Å². The molecule has 6 heteroatoms. The third kappa shape index (κ3) is 3.81. The number of benzene rings is 1. The van der Waals surface area contributed by atoms with E-state index in [2.05, 4.69) is 0 Å². The highest BCUT2D eigenvalue weighted by Crippen LogP contribution is 2.18. The Morgan fingerprint density at radius 2 is 1.93 bits per heavy atom. The minimum absolute atomic E-state index is 0. The fraction of sp³-hybridized carbons (Fsp3) is 0.333. The lowest BCUT2D eigenvalue weighted by atomic mass is 10.1. The van der Waals surface area contributed by atoms with Crippen molar-refractivity contribution < 1.29 is 9.31 Å². The van der Waals surface area contributed by atoms with Gasteiger partial charge in [0.1, 0.15) is 0 Å². The van der Waals surface area contributed by atoms with Crippen molar-refractivity contribution >= 4 is 18.1 Å². The number of rotatable bonds is 4. The van der Waals surface area contributed by atoms with E-state index in [1.54, 1.807) is 12.1 Å². The van der Waals surface area contributed by atoms with Gasteiger partial charge in [-0.05, 0) is 12.0 Å². The van der Waals surface area contributed by atoms with Crippen molar-refractivity contribution in [3.05, 3.63) is 39.9 Å². The summed E-state index contributed by atoms with van der Waals surface area (Å²) in [6.45, 7) is -0.488. The zero-order chi connectivity index (χ0) is 10.6. The summed E-state index contributed by atoms with van der Waals surface area (Å²) in [5.41, 5.74) is 6.35. The maximum Gasteiger partial charge on any atom is 0.269 e. The van der Waals surface area contributed by atoms with E-state index < -0.39 is 11.6 Å². The summed E-state index contributed by atoms with van der Waals surface area (Å²) in [5.74, 6) is 0. The third-order valence-electron chi connectivity index (χ3n) is 1.95. The number of nitro benzene ring substituents is 1. The highest BCUT2D eigenvalue weighted by molar-refractivity contribution is 5.85. The van der Waals surface area contributed by atoms with Crippen LogP contribution in [0.15, 0.2) is 24.3 Å². The van der Waals surface area contributed by atoms with Gasteiger partial charge in [0.15, 0.2) is 0 Å². The van der Waals surface area contributed by atoms with Gasteiger partial charge >= 0.3 is 0 Å². The molecule has 0 aliphatic heterocycles. The van der Waals surface area contributed by atoms with Crippen LogP contribution in [-0.4, -0.2) is 11.6 Å². The molecule has 0 bridgehead atoms. The van der Waals surface area contributed by atoms with Crippen LogP contribution in [-0.2, 0) is 0 Å². The average Bonchev–Trinajstić information content (AvgIpc) is 2.18. The molecule has 0 aromatic heterocycles. The van der Waals surface area contributed by atoms with E-state index in [1.807, 2.05) is 0 Å². The van der Waals surface area contributed by atoms with Gasteiger partial charge in [-0.15, -0.1) is 12.4 Å². The molecular formula is C9H12ClFN2O2. The Kier molecular flexibility index (Phi) is 5.81. The molecule has 2 N–H and O–H groups in total. The van der Waals surface area contributed by atoms with Crippen LogP contribution in [0, 0.1) is 10.1 Å². The van der Waals surface area contributed by atoms with Gasteiger partial charge in [-0.1, -0.05) is 12.1 Å². The van der Waals surface area contributed by atoms with Gasteiger partial charge < -0.3 is 5.73 Å². The van der Waals surface area contributed by atoms with E-state index in [0.29, 0.717) is 5.56 Å². The Morgan fingerprint density at radius 3 is 2.33 bits per heavy atom. The average molecular weight is 235 g/mol. The molecule has 0 saturated carbocycles. The van der Waals surface area contributed by atoms with Crippen LogP contribution < -0.4 is 5.73 Å². The van der Waals surface area contributed by atoms with Crippen LogP contribution in [0.3, 0.4) is 0 Å². The van der Waals surface area contributed by atoms with Crippen LogP contribution in [0.1, 0.15) is 18.0 Å². The third-order valence-corrected chi connectivity index (χ3v) is 1.95. The lowest BCUT2D eigenvalue weighted by Gasteiger charge is -2.08. The highest BCUT2D eigenvalue weighted by atomic mass is 35.5. The quantitative estimate of drug-likeness (QED) is 0.642. The highest BCUT2D eigenvalue weighted by Gasteiger charge is 2.08. The lowest BCUT2D eigenvalue weighted by Crippen LogP contribution is -2.10. The molecule has 0 radical (unpaired) electrons. The van der Waals surface area contributed by atoms with Gasteiger partial charge in [0.2, 0.25) is 0 Å². The van der Waals surface area contributed by atoms with Crippen LogP contribution >= 0.6 is 12.4 Å².